The van der Waals surface area contributed by atoms with Crippen LogP contribution in [0.3, 0.4) is 0 Å². The van der Waals surface area contributed by atoms with Crippen LogP contribution in [0.5, 0.6) is 0 Å². The lowest BCUT2D eigenvalue weighted by molar-refractivity contribution is -0.310. The maximum Gasteiger partial charge on any atom is 0.426 e. The first-order valence-corrected chi connectivity index (χ1v) is 33.6. The summed E-state index contributed by atoms with van der Waals surface area (Å²) in [6.45, 7) is 37.0. The largest absolute Gasteiger partial charge is 0.443 e. The van der Waals surface area contributed by atoms with Gasteiger partial charge >= 0.3 is 24.4 Å². The van der Waals surface area contributed by atoms with Crippen molar-refractivity contribution in [1.29, 1.82) is 0 Å². The summed E-state index contributed by atoms with van der Waals surface area (Å²) in [4.78, 5) is 56.7. The zero-order valence-electron chi connectivity index (χ0n) is 49.7. The van der Waals surface area contributed by atoms with Crippen molar-refractivity contribution in [2.45, 2.75) is 282 Å². The molecule has 10 fully saturated rings. The molecule has 0 bridgehead atoms. The third-order valence-electron chi connectivity index (χ3n) is 14.7. The van der Waals surface area contributed by atoms with Crippen LogP contribution >= 0.6 is 90.4 Å². The highest BCUT2D eigenvalue weighted by Gasteiger charge is 2.75. The quantitative estimate of drug-likeness (QED) is 0.147. The summed E-state index contributed by atoms with van der Waals surface area (Å²) in [6, 6.07) is -1.21. The van der Waals surface area contributed by atoms with Crippen molar-refractivity contribution < 1.29 is 76.0 Å². The van der Waals surface area contributed by atoms with E-state index in [9.17, 15) is 19.2 Å². The number of hydrazine groups is 4. The Balaban J connectivity index is 0.000000194. The Morgan fingerprint density at radius 2 is 0.475 bits per heavy atom. The van der Waals surface area contributed by atoms with Crippen LogP contribution in [0.25, 0.3) is 0 Å². The molecule has 0 aromatic carbocycles. The van der Waals surface area contributed by atoms with E-state index in [1.165, 1.54) is 0 Å². The van der Waals surface area contributed by atoms with Crippen LogP contribution in [0.2, 0.25) is 0 Å². The van der Waals surface area contributed by atoms with Gasteiger partial charge in [0.05, 0.1) is 24.2 Å². The van der Waals surface area contributed by atoms with Gasteiger partial charge in [-0.25, -0.2) is 39.2 Å². The van der Waals surface area contributed by atoms with Crippen molar-refractivity contribution in [2.75, 3.05) is 17.7 Å². The van der Waals surface area contributed by atoms with Gasteiger partial charge in [-0.05, 0) is 138 Å². The Kier molecular flexibility index (Phi) is 17.3. The molecule has 80 heavy (non-hydrogen) atoms. The number of alkyl halides is 4. The van der Waals surface area contributed by atoms with Crippen LogP contribution in [0.1, 0.15) is 138 Å². The van der Waals surface area contributed by atoms with Gasteiger partial charge in [-0.2, -0.15) is 20.0 Å². The van der Waals surface area contributed by atoms with Crippen molar-refractivity contribution in [1.82, 2.24) is 40.1 Å². The van der Waals surface area contributed by atoms with E-state index in [1.807, 2.05) is 159 Å². The summed E-state index contributed by atoms with van der Waals surface area (Å²) in [6.07, 6.45) is -8.91. The molecule has 456 valence electrons. The molecule has 10 aliphatic rings. The molecule has 0 unspecified atom stereocenters. The number of fused-ring (bicyclic) bond motifs is 12. The lowest BCUT2D eigenvalue weighted by Gasteiger charge is -2.57. The van der Waals surface area contributed by atoms with Crippen LogP contribution in [0.4, 0.5) is 19.2 Å². The first-order valence-electron chi connectivity index (χ1n) is 27.5. The Bertz CT molecular complexity index is 2070. The Morgan fingerprint density at radius 1 is 0.325 bits per heavy atom. The average molecular weight is 1580 g/mol. The maximum atomic E-state index is 14.2. The molecule has 0 radical (unpaired) electrons. The maximum absolute atomic E-state index is 14.2. The van der Waals surface area contributed by atoms with Crippen molar-refractivity contribution >= 4 is 115 Å². The second-order valence-electron chi connectivity index (χ2n) is 27.6. The summed E-state index contributed by atoms with van der Waals surface area (Å²) < 4.78 is 78.0. The molecule has 4 amide bonds. The molecule has 0 N–H and O–H groups in total. The number of hydrogen-bond acceptors (Lipinski definition) is 20. The molecule has 0 spiro atoms. The van der Waals surface area contributed by atoms with Gasteiger partial charge in [0.15, 0.2) is 47.8 Å². The third-order valence-corrected chi connectivity index (χ3v) is 18.4. The van der Waals surface area contributed by atoms with E-state index < -0.39 is 143 Å². The molecule has 10 aliphatic heterocycles. The van der Waals surface area contributed by atoms with Gasteiger partial charge in [-0.3, -0.25) is 0 Å². The number of halogens is 4. The van der Waals surface area contributed by atoms with E-state index in [-0.39, 0.29) is 24.2 Å². The van der Waals surface area contributed by atoms with Crippen LogP contribution < -0.4 is 0 Å². The first kappa shape index (κ1) is 64.0. The molecule has 16 atom stereocenters. The highest BCUT2D eigenvalue weighted by atomic mass is 127. The number of rotatable bonds is 4. The van der Waals surface area contributed by atoms with E-state index in [1.54, 1.807) is 20.0 Å². The molecule has 10 rings (SSSR count). The Hall–Kier alpha value is -0.480. The number of nitrogens with zero attached hydrogens (tertiary/aromatic N) is 8. The molecule has 0 aromatic heterocycles. The van der Waals surface area contributed by atoms with Crippen molar-refractivity contribution in [2.24, 2.45) is 0 Å². The number of ether oxygens (including phenoxy) is 12. The van der Waals surface area contributed by atoms with Crippen LogP contribution in [0.15, 0.2) is 0 Å². The smallest absolute Gasteiger partial charge is 0.426 e. The second-order valence-corrected chi connectivity index (χ2v) is 31.1. The number of hydrogen-bond donors (Lipinski definition) is 0. The van der Waals surface area contributed by atoms with Crippen LogP contribution in [0, 0.1) is 0 Å². The molecule has 10 saturated heterocycles. The first-order chi connectivity index (χ1) is 36.6. The van der Waals surface area contributed by atoms with Crippen LogP contribution in [-0.2, 0) is 56.8 Å². The van der Waals surface area contributed by atoms with E-state index >= 15 is 0 Å². The van der Waals surface area contributed by atoms with Crippen LogP contribution in [-0.4, -0.2) is 225 Å². The predicted molar refractivity (Wildman–Crippen MR) is 321 cm³/mol. The van der Waals surface area contributed by atoms with Gasteiger partial charge in [0.1, 0.15) is 71.2 Å². The Labute approximate surface area is 525 Å². The summed E-state index contributed by atoms with van der Waals surface area (Å²) in [5.74, 6) is -3.45. The van der Waals surface area contributed by atoms with E-state index in [4.69, 9.17) is 56.8 Å². The monoisotopic (exact) mass is 1580 g/mol. The minimum atomic E-state index is -0.862. The summed E-state index contributed by atoms with van der Waals surface area (Å²) in [7, 11) is 0. The zero-order valence-corrected chi connectivity index (χ0v) is 58.3. The fourth-order valence-electron chi connectivity index (χ4n) is 12.7. The molecule has 0 aromatic rings. The van der Waals surface area contributed by atoms with Gasteiger partial charge < -0.3 is 56.8 Å². The highest BCUT2D eigenvalue weighted by Crippen LogP contribution is 2.55. The Morgan fingerprint density at radius 3 is 0.613 bits per heavy atom. The zero-order chi connectivity index (χ0) is 59.5. The van der Waals surface area contributed by atoms with Gasteiger partial charge in [0.25, 0.3) is 0 Å². The summed E-state index contributed by atoms with van der Waals surface area (Å²) in [5, 5.41) is 14.2. The van der Waals surface area contributed by atoms with E-state index in [0.29, 0.717) is 17.7 Å². The summed E-state index contributed by atoms with van der Waals surface area (Å²) in [5.41, 5.74) is -3.01. The minimum Gasteiger partial charge on any atom is -0.443 e. The standard InChI is InChI=1S/2C26H42I2N4O8/c2*1-23(2,3)39-21(33)31-19-17-16(36-25(7,8)37-17)14(12-28)30(19)32(22(34)40-24(4,5)6)20-18-15(13(11-27)29(20)31)35-26(9,10)38-18/h2*13-20H,11-12H2,1-10H3/t2*13-,14-,15+,16+,17+,18+,19-,20-/m00/s1. The molecule has 28 heteroatoms. The van der Waals surface area contributed by atoms with Gasteiger partial charge in [0.2, 0.25) is 0 Å². The number of amides is 4. The third kappa shape index (κ3) is 11.9. The molecule has 24 nitrogen and oxygen atoms in total. The van der Waals surface area contributed by atoms with E-state index in [2.05, 4.69) is 90.4 Å². The molecule has 0 saturated carbocycles. The molecule has 10 heterocycles. The highest BCUT2D eigenvalue weighted by molar-refractivity contribution is 14.1. The minimum absolute atomic E-state index is 0.301. The lowest BCUT2D eigenvalue weighted by Crippen LogP contribution is -2.78. The fourth-order valence-corrected chi connectivity index (χ4v) is 16.4. The number of carbonyl (C=O) groups is 4. The van der Waals surface area contributed by atoms with E-state index in [0.717, 1.165) is 0 Å². The topological polar surface area (TPSA) is 205 Å². The van der Waals surface area contributed by atoms with Crippen molar-refractivity contribution in [3.8, 4) is 0 Å². The molecule has 0 aliphatic carbocycles. The van der Waals surface area contributed by atoms with Crippen molar-refractivity contribution in [3.05, 3.63) is 0 Å². The average Bonchev–Trinajstić information content (AvgIpc) is 4.14. The predicted octanol–water partition coefficient (Wildman–Crippen LogP) is 8.47. The molecular formula is C52H84I4N8O16. The van der Waals surface area contributed by atoms with Gasteiger partial charge in [-0.15, -0.1) is 0 Å². The lowest BCUT2D eigenvalue weighted by atomic mass is 10.1. The van der Waals surface area contributed by atoms with Gasteiger partial charge in [-0.1, -0.05) is 90.4 Å². The van der Waals surface area contributed by atoms with Crippen molar-refractivity contribution in [3.63, 3.8) is 0 Å². The fraction of sp³-hybridized carbons (Fsp3) is 0.923. The normalized spacial score (nSPS) is 38.6. The second kappa shape index (κ2) is 21.7. The summed E-state index contributed by atoms with van der Waals surface area (Å²) >= 11 is 9.21. The molecular weight excluding hydrogens is 1500 g/mol. The number of carbonyl (C=O) groups excluding carboxylic acids is 4. The van der Waals surface area contributed by atoms with Gasteiger partial charge in [0, 0.05) is 17.7 Å². The SMILES string of the molecule is CC(C)(C)OC(=O)N1[C@H]2[C@@H]3OC(C)(C)O[C@@H]3[C@H](CI)N2N(C(=O)OC(C)(C)C)[C@H]2[C@@H]3OC(C)(C)O[C@@H]3[C@H](CI)N21.CC(C)(C)OC(=O)N1[C@H]2[C@@H]3OC(C)(C)O[C@@H]3[C@H](CI)N2N(C(=O)OC(C)(C)C)[C@H]2[C@@H]3OC(C)(C)O[C@@H]3[C@H](CI)N21.